The molecule has 1 aromatic heterocycles. The third-order valence-electron chi connectivity index (χ3n) is 4.12. The number of amides is 1. The van der Waals surface area contributed by atoms with Crippen molar-refractivity contribution in [1.29, 1.82) is 0 Å². The van der Waals surface area contributed by atoms with Crippen molar-refractivity contribution in [2.24, 2.45) is 0 Å². The Labute approximate surface area is 146 Å². The van der Waals surface area contributed by atoms with Crippen LogP contribution < -0.4 is 5.32 Å². The van der Waals surface area contributed by atoms with E-state index in [1.54, 1.807) is 22.9 Å². The lowest BCUT2D eigenvalue weighted by Crippen LogP contribution is -2.16. The number of carbonyl (C=O) groups is 1. The Hall–Kier alpha value is -2.92. The third kappa shape index (κ3) is 4.33. The van der Waals surface area contributed by atoms with Gasteiger partial charge in [0.2, 0.25) is 5.91 Å². The molecule has 5 heteroatoms. The lowest BCUT2D eigenvalue weighted by Gasteiger charge is -2.12. The highest BCUT2D eigenvalue weighted by molar-refractivity contribution is 5.90. The number of rotatable bonds is 6. The predicted octanol–water partition coefficient (Wildman–Crippen LogP) is 3.55. The zero-order valence-electron chi connectivity index (χ0n) is 14.0. The molecule has 128 valence electrons. The molecule has 0 aliphatic rings. The Morgan fingerprint density at radius 2 is 1.64 bits per heavy atom. The minimum absolute atomic E-state index is 0.00882. The zero-order chi connectivity index (χ0) is 17.6. The number of anilines is 1. The molecule has 0 saturated carbocycles. The van der Waals surface area contributed by atoms with Gasteiger partial charge in [0, 0.05) is 12.3 Å². The Morgan fingerprint density at radius 3 is 2.28 bits per heavy atom. The van der Waals surface area contributed by atoms with Gasteiger partial charge in [-0.1, -0.05) is 60.7 Å². The van der Waals surface area contributed by atoms with Gasteiger partial charge in [-0.3, -0.25) is 9.48 Å². The van der Waals surface area contributed by atoms with Crippen molar-refractivity contribution in [2.75, 3.05) is 5.32 Å². The molecule has 3 rings (SSSR count). The van der Waals surface area contributed by atoms with Gasteiger partial charge in [0.1, 0.15) is 0 Å². The fourth-order valence-corrected chi connectivity index (χ4v) is 2.67. The molecular weight excluding hydrogens is 314 g/mol. The first-order chi connectivity index (χ1) is 12.1. The fourth-order valence-electron chi connectivity index (χ4n) is 2.67. The van der Waals surface area contributed by atoms with E-state index >= 15 is 0 Å². The summed E-state index contributed by atoms with van der Waals surface area (Å²) < 4.78 is 1.80. The molecule has 0 spiro atoms. The number of benzene rings is 2. The zero-order valence-corrected chi connectivity index (χ0v) is 14.0. The summed E-state index contributed by atoms with van der Waals surface area (Å²) in [5, 5.41) is 17.3. The molecule has 0 radical (unpaired) electrons. The van der Waals surface area contributed by atoms with E-state index in [-0.39, 0.29) is 18.4 Å². The largest absolute Gasteiger partial charge is 0.388 e. The molecular formula is C20H21N3O2. The number of aromatic nitrogens is 2. The predicted molar refractivity (Wildman–Crippen MR) is 97.1 cm³/mol. The molecule has 3 aromatic rings. The Bertz CT molecular complexity index is 815. The maximum Gasteiger partial charge on any atom is 0.228 e. The van der Waals surface area contributed by atoms with E-state index in [4.69, 9.17) is 0 Å². The number of aliphatic hydroxyl groups excluding tert-OH is 1. The molecule has 5 nitrogen and oxygen atoms in total. The van der Waals surface area contributed by atoms with Gasteiger partial charge in [-0.15, -0.1) is 0 Å². The van der Waals surface area contributed by atoms with E-state index < -0.39 is 6.10 Å². The van der Waals surface area contributed by atoms with Crippen LogP contribution in [0.3, 0.4) is 0 Å². The molecule has 1 heterocycles. The van der Waals surface area contributed by atoms with Gasteiger partial charge in [0.25, 0.3) is 0 Å². The van der Waals surface area contributed by atoms with Crippen molar-refractivity contribution in [1.82, 2.24) is 9.78 Å². The third-order valence-corrected chi connectivity index (χ3v) is 4.12. The van der Waals surface area contributed by atoms with Gasteiger partial charge < -0.3 is 10.4 Å². The number of hydrogen-bond donors (Lipinski definition) is 2. The maximum absolute atomic E-state index is 12.1. The van der Waals surface area contributed by atoms with Crippen LogP contribution in [0.5, 0.6) is 0 Å². The topological polar surface area (TPSA) is 67.2 Å². The Kier molecular flexibility index (Phi) is 5.26. The molecule has 0 saturated heterocycles. The summed E-state index contributed by atoms with van der Waals surface area (Å²) >= 11 is 0. The molecule has 2 unspecified atom stereocenters. The van der Waals surface area contributed by atoms with Crippen molar-refractivity contribution >= 4 is 11.7 Å². The van der Waals surface area contributed by atoms with Crippen LogP contribution in [0.4, 0.5) is 5.82 Å². The molecule has 0 aliphatic carbocycles. The number of aliphatic hydroxyl groups is 1. The summed E-state index contributed by atoms with van der Waals surface area (Å²) in [5.41, 5.74) is 1.86. The van der Waals surface area contributed by atoms with E-state index in [9.17, 15) is 9.90 Å². The number of carbonyl (C=O) groups excluding carboxylic acids is 1. The standard InChI is InChI=1S/C20H21N3O2/c1-15(16-8-4-2-5-9-16)23-13-12-19(22-23)21-20(25)14-18(24)17-10-6-3-7-11-17/h2-13,15,18,24H,14H2,1H3,(H,21,22,25). The number of nitrogens with zero attached hydrogens (tertiary/aromatic N) is 2. The first-order valence-corrected chi connectivity index (χ1v) is 8.26. The van der Waals surface area contributed by atoms with Crippen LogP contribution in [0.25, 0.3) is 0 Å². The van der Waals surface area contributed by atoms with E-state index in [2.05, 4.69) is 10.4 Å². The van der Waals surface area contributed by atoms with Crippen molar-refractivity contribution in [2.45, 2.75) is 25.5 Å². The van der Waals surface area contributed by atoms with Gasteiger partial charge >= 0.3 is 0 Å². The smallest absolute Gasteiger partial charge is 0.228 e. The van der Waals surface area contributed by atoms with Crippen LogP contribution in [0.1, 0.15) is 36.6 Å². The monoisotopic (exact) mass is 335 g/mol. The first kappa shape index (κ1) is 16.9. The lowest BCUT2D eigenvalue weighted by atomic mass is 10.1. The van der Waals surface area contributed by atoms with Crippen LogP contribution in [0, 0.1) is 0 Å². The molecule has 2 atom stereocenters. The molecule has 0 bridgehead atoms. The van der Waals surface area contributed by atoms with E-state index in [1.165, 1.54) is 0 Å². The van der Waals surface area contributed by atoms with Crippen LogP contribution in [0.15, 0.2) is 72.9 Å². The van der Waals surface area contributed by atoms with E-state index in [0.29, 0.717) is 5.82 Å². The molecule has 2 N–H and O–H groups in total. The summed E-state index contributed by atoms with van der Waals surface area (Å²) in [6.07, 6.45) is 0.998. The van der Waals surface area contributed by atoms with Crippen LogP contribution >= 0.6 is 0 Å². The second-order valence-corrected chi connectivity index (χ2v) is 5.95. The van der Waals surface area contributed by atoms with Crippen molar-refractivity contribution < 1.29 is 9.90 Å². The average molecular weight is 335 g/mol. The SMILES string of the molecule is CC(c1ccccc1)n1ccc(NC(=O)CC(O)c2ccccc2)n1. The summed E-state index contributed by atoms with van der Waals surface area (Å²) in [7, 11) is 0. The van der Waals surface area contributed by atoms with Gasteiger partial charge in [-0.25, -0.2) is 0 Å². The second kappa shape index (κ2) is 7.77. The van der Waals surface area contributed by atoms with E-state index in [1.807, 2.05) is 61.7 Å². The maximum atomic E-state index is 12.1. The number of nitrogens with one attached hydrogen (secondary N) is 1. The molecule has 0 fully saturated rings. The van der Waals surface area contributed by atoms with Crippen molar-refractivity contribution in [3.8, 4) is 0 Å². The van der Waals surface area contributed by atoms with Gasteiger partial charge in [-0.2, -0.15) is 5.10 Å². The van der Waals surface area contributed by atoms with Gasteiger partial charge in [0.05, 0.1) is 18.6 Å². The molecule has 2 aromatic carbocycles. The van der Waals surface area contributed by atoms with Gasteiger partial charge in [0.15, 0.2) is 5.82 Å². The minimum atomic E-state index is -0.827. The lowest BCUT2D eigenvalue weighted by molar-refractivity contribution is -0.118. The summed E-state index contributed by atoms with van der Waals surface area (Å²) in [6, 6.07) is 21.0. The van der Waals surface area contributed by atoms with Gasteiger partial charge in [-0.05, 0) is 18.1 Å². The highest BCUT2D eigenvalue weighted by Gasteiger charge is 2.15. The molecule has 1 amide bonds. The Morgan fingerprint density at radius 1 is 1.04 bits per heavy atom. The van der Waals surface area contributed by atoms with Crippen LogP contribution in [-0.4, -0.2) is 20.8 Å². The second-order valence-electron chi connectivity index (χ2n) is 5.95. The highest BCUT2D eigenvalue weighted by atomic mass is 16.3. The van der Waals surface area contributed by atoms with Crippen molar-refractivity contribution in [3.05, 3.63) is 84.1 Å². The normalized spacial score (nSPS) is 13.2. The molecule has 25 heavy (non-hydrogen) atoms. The fraction of sp³-hybridized carbons (Fsp3) is 0.200. The van der Waals surface area contributed by atoms with Crippen molar-refractivity contribution in [3.63, 3.8) is 0 Å². The molecule has 0 aliphatic heterocycles. The van der Waals surface area contributed by atoms with E-state index in [0.717, 1.165) is 11.1 Å². The summed E-state index contributed by atoms with van der Waals surface area (Å²) in [5.74, 6) is 0.210. The van der Waals surface area contributed by atoms with Crippen LogP contribution in [-0.2, 0) is 4.79 Å². The average Bonchev–Trinajstić information content (AvgIpc) is 3.10. The highest BCUT2D eigenvalue weighted by Crippen LogP contribution is 2.19. The quantitative estimate of drug-likeness (QED) is 0.724. The first-order valence-electron chi connectivity index (χ1n) is 8.26. The summed E-state index contributed by atoms with van der Waals surface area (Å²) in [4.78, 5) is 12.1. The minimum Gasteiger partial charge on any atom is -0.388 e. The Balaban J connectivity index is 1.60. The van der Waals surface area contributed by atoms with Crippen LogP contribution in [0.2, 0.25) is 0 Å². The number of hydrogen-bond acceptors (Lipinski definition) is 3. The summed E-state index contributed by atoms with van der Waals surface area (Å²) in [6.45, 7) is 2.05.